The molecule has 1 saturated carbocycles. The number of carbonyl (C=O) groups excluding carboxylic acids is 1. The van der Waals surface area contributed by atoms with E-state index in [9.17, 15) is 4.79 Å². The SMILES string of the molecule is O=C(Nc1nnc(C2CCCCC2)o1)c1cc(Br)ccc1Cl. The zero-order chi connectivity index (χ0) is 15.5. The molecule has 1 aliphatic carbocycles. The van der Waals surface area contributed by atoms with E-state index < -0.39 is 0 Å². The first-order valence-electron chi connectivity index (χ1n) is 7.23. The maximum absolute atomic E-state index is 12.2. The van der Waals surface area contributed by atoms with Gasteiger partial charge in [0, 0.05) is 10.4 Å². The molecule has 0 unspecified atom stereocenters. The summed E-state index contributed by atoms with van der Waals surface area (Å²) in [5, 5.41) is 10.9. The minimum absolute atomic E-state index is 0.113. The fraction of sp³-hybridized carbons (Fsp3) is 0.400. The number of benzene rings is 1. The zero-order valence-corrected chi connectivity index (χ0v) is 14.2. The first-order valence-corrected chi connectivity index (χ1v) is 8.40. The second kappa shape index (κ2) is 6.79. The number of anilines is 1. The van der Waals surface area contributed by atoms with Crippen molar-refractivity contribution in [2.24, 2.45) is 0 Å². The van der Waals surface area contributed by atoms with Crippen molar-refractivity contribution in [2.75, 3.05) is 5.32 Å². The summed E-state index contributed by atoms with van der Waals surface area (Å²) in [5.74, 6) is 0.543. The van der Waals surface area contributed by atoms with Crippen molar-refractivity contribution >= 4 is 39.5 Å². The van der Waals surface area contributed by atoms with Crippen molar-refractivity contribution < 1.29 is 9.21 Å². The molecule has 1 N–H and O–H groups in total. The van der Waals surface area contributed by atoms with E-state index in [4.69, 9.17) is 16.0 Å². The highest BCUT2D eigenvalue weighted by atomic mass is 79.9. The molecule has 1 heterocycles. The van der Waals surface area contributed by atoms with Crippen molar-refractivity contribution in [1.29, 1.82) is 0 Å². The van der Waals surface area contributed by atoms with E-state index >= 15 is 0 Å². The predicted molar refractivity (Wildman–Crippen MR) is 87.2 cm³/mol. The molecule has 1 aromatic heterocycles. The minimum atomic E-state index is -0.370. The predicted octanol–water partition coefficient (Wildman–Crippen LogP) is 4.79. The highest BCUT2D eigenvalue weighted by Gasteiger charge is 2.22. The summed E-state index contributed by atoms with van der Waals surface area (Å²) in [7, 11) is 0. The second-order valence-electron chi connectivity index (χ2n) is 5.36. The molecule has 116 valence electrons. The first kappa shape index (κ1) is 15.5. The Morgan fingerprint density at radius 2 is 2.05 bits per heavy atom. The van der Waals surface area contributed by atoms with E-state index in [1.165, 1.54) is 19.3 Å². The lowest BCUT2D eigenvalue weighted by atomic mass is 9.89. The summed E-state index contributed by atoms with van der Waals surface area (Å²) in [6, 6.07) is 5.19. The maximum Gasteiger partial charge on any atom is 0.322 e. The average molecular weight is 385 g/mol. The Morgan fingerprint density at radius 3 is 2.82 bits per heavy atom. The lowest BCUT2D eigenvalue weighted by Crippen LogP contribution is -2.12. The Balaban J connectivity index is 1.71. The number of nitrogens with one attached hydrogen (secondary N) is 1. The highest BCUT2D eigenvalue weighted by molar-refractivity contribution is 9.10. The molecule has 5 nitrogen and oxygen atoms in total. The number of hydrogen-bond acceptors (Lipinski definition) is 4. The van der Waals surface area contributed by atoms with Gasteiger partial charge in [0.2, 0.25) is 5.89 Å². The molecule has 7 heteroatoms. The molecule has 2 aromatic rings. The largest absolute Gasteiger partial charge is 0.408 e. The molecule has 0 radical (unpaired) electrons. The quantitative estimate of drug-likeness (QED) is 0.826. The van der Waals surface area contributed by atoms with Crippen molar-refractivity contribution in [1.82, 2.24) is 10.2 Å². The van der Waals surface area contributed by atoms with Crippen LogP contribution in [0.15, 0.2) is 27.1 Å². The smallest absolute Gasteiger partial charge is 0.322 e. The third-order valence-electron chi connectivity index (χ3n) is 3.79. The molecule has 1 fully saturated rings. The Morgan fingerprint density at radius 1 is 1.27 bits per heavy atom. The van der Waals surface area contributed by atoms with E-state index in [0.717, 1.165) is 17.3 Å². The molecule has 0 bridgehead atoms. The number of carbonyl (C=O) groups is 1. The number of halogens is 2. The third kappa shape index (κ3) is 3.50. The lowest BCUT2D eigenvalue weighted by molar-refractivity contribution is 0.102. The van der Waals surface area contributed by atoms with E-state index in [1.807, 2.05) is 0 Å². The molecule has 22 heavy (non-hydrogen) atoms. The van der Waals surface area contributed by atoms with Crippen molar-refractivity contribution in [3.05, 3.63) is 39.1 Å². The van der Waals surface area contributed by atoms with Crippen molar-refractivity contribution in [3.8, 4) is 0 Å². The lowest BCUT2D eigenvalue weighted by Gasteiger charge is -2.17. The van der Waals surface area contributed by atoms with E-state index in [-0.39, 0.29) is 11.9 Å². The summed E-state index contributed by atoms with van der Waals surface area (Å²) in [4.78, 5) is 12.2. The minimum Gasteiger partial charge on any atom is -0.408 e. The number of rotatable bonds is 3. The van der Waals surface area contributed by atoms with Gasteiger partial charge in [-0.25, -0.2) is 0 Å². The van der Waals surface area contributed by atoms with E-state index in [2.05, 4.69) is 31.4 Å². The molecule has 0 saturated heterocycles. The molecular weight excluding hydrogens is 370 g/mol. The Hall–Kier alpha value is -1.40. The number of aromatic nitrogens is 2. The molecule has 3 rings (SSSR count). The van der Waals surface area contributed by atoms with Gasteiger partial charge in [0.1, 0.15) is 0 Å². The first-order chi connectivity index (χ1) is 10.6. The van der Waals surface area contributed by atoms with Crippen molar-refractivity contribution in [2.45, 2.75) is 38.0 Å². The molecule has 1 amide bonds. The summed E-state index contributed by atoms with van der Waals surface area (Å²) < 4.78 is 6.35. The fourth-order valence-electron chi connectivity index (χ4n) is 2.64. The van der Waals surface area contributed by atoms with Gasteiger partial charge < -0.3 is 4.42 Å². The van der Waals surface area contributed by atoms with Crippen LogP contribution in [0.5, 0.6) is 0 Å². The standard InChI is InChI=1S/C15H15BrClN3O2/c16-10-6-7-12(17)11(8-10)13(21)18-15-20-19-14(22-15)9-4-2-1-3-5-9/h6-9H,1-5H2,(H,18,20,21). The summed E-state index contributed by atoms with van der Waals surface area (Å²) >= 11 is 9.35. The summed E-state index contributed by atoms with van der Waals surface area (Å²) in [6.45, 7) is 0. The Bertz CT molecular complexity index is 683. The van der Waals surface area contributed by atoms with Crippen LogP contribution in [-0.2, 0) is 0 Å². The van der Waals surface area contributed by atoms with E-state index in [0.29, 0.717) is 22.4 Å². The van der Waals surface area contributed by atoms with E-state index in [1.54, 1.807) is 18.2 Å². The fourth-order valence-corrected chi connectivity index (χ4v) is 3.20. The van der Waals surface area contributed by atoms with Gasteiger partial charge in [0.05, 0.1) is 10.6 Å². The monoisotopic (exact) mass is 383 g/mol. The van der Waals surface area contributed by atoms with Crippen LogP contribution in [0.2, 0.25) is 5.02 Å². The van der Waals surface area contributed by atoms with Gasteiger partial charge in [-0.2, -0.15) is 0 Å². The zero-order valence-electron chi connectivity index (χ0n) is 11.8. The van der Waals surface area contributed by atoms with Crippen LogP contribution in [0.1, 0.15) is 54.3 Å². The second-order valence-corrected chi connectivity index (χ2v) is 6.68. The molecule has 1 aromatic carbocycles. The van der Waals surface area contributed by atoms with Crippen LogP contribution in [0.3, 0.4) is 0 Å². The highest BCUT2D eigenvalue weighted by Crippen LogP contribution is 2.32. The van der Waals surface area contributed by atoms with Gasteiger partial charge in [-0.15, -0.1) is 5.10 Å². The van der Waals surface area contributed by atoms with Crippen LogP contribution in [0.4, 0.5) is 6.01 Å². The molecular formula is C15H15BrClN3O2. The molecule has 0 spiro atoms. The van der Waals surface area contributed by atoms with Crippen LogP contribution < -0.4 is 5.32 Å². The van der Waals surface area contributed by atoms with Gasteiger partial charge in [-0.1, -0.05) is 51.9 Å². The summed E-state index contributed by atoms with van der Waals surface area (Å²) in [6.07, 6.45) is 5.75. The number of nitrogens with zero attached hydrogens (tertiary/aromatic N) is 2. The Kier molecular flexibility index (Phi) is 4.78. The van der Waals surface area contributed by atoms with Gasteiger partial charge in [0.15, 0.2) is 0 Å². The van der Waals surface area contributed by atoms with Crippen LogP contribution >= 0.6 is 27.5 Å². The third-order valence-corrected chi connectivity index (χ3v) is 4.61. The normalized spacial score (nSPS) is 15.7. The van der Waals surface area contributed by atoms with Gasteiger partial charge in [-0.05, 0) is 31.0 Å². The van der Waals surface area contributed by atoms with Crippen LogP contribution in [-0.4, -0.2) is 16.1 Å². The topological polar surface area (TPSA) is 68.0 Å². The molecule has 0 atom stereocenters. The van der Waals surface area contributed by atoms with Crippen molar-refractivity contribution in [3.63, 3.8) is 0 Å². The van der Waals surface area contributed by atoms with Crippen LogP contribution in [0.25, 0.3) is 0 Å². The van der Waals surface area contributed by atoms with Gasteiger partial charge in [0.25, 0.3) is 5.91 Å². The Labute approximate surface area is 141 Å². The maximum atomic E-state index is 12.2. The molecule has 1 aliphatic rings. The van der Waals surface area contributed by atoms with Gasteiger partial charge in [-0.3, -0.25) is 10.1 Å². The number of amides is 1. The molecule has 0 aliphatic heterocycles. The van der Waals surface area contributed by atoms with Crippen LogP contribution in [0, 0.1) is 0 Å². The van der Waals surface area contributed by atoms with Gasteiger partial charge >= 0.3 is 6.01 Å². The average Bonchev–Trinajstić information content (AvgIpc) is 2.99. The number of hydrogen-bond donors (Lipinski definition) is 1. The summed E-state index contributed by atoms with van der Waals surface area (Å²) in [5.41, 5.74) is 0.355.